The summed E-state index contributed by atoms with van der Waals surface area (Å²) in [4.78, 5) is 0. The third-order valence-corrected chi connectivity index (χ3v) is 3.20. The molecule has 4 heteroatoms. The standard InChI is InChI=1S/C17H18N2O2/c1-12(19)14-5-7-16(8-6-14)21-11-13-3-4-15(10-18)17(9-13)20-2/h3-9,12H,11,19H2,1-2H3. The van der Waals surface area contributed by atoms with Gasteiger partial charge in [-0.2, -0.15) is 5.26 Å². The predicted octanol–water partition coefficient (Wildman–Crippen LogP) is 3.17. The first kappa shape index (κ1) is 14.9. The minimum Gasteiger partial charge on any atom is -0.495 e. The molecule has 2 rings (SSSR count). The average Bonchev–Trinajstić information content (AvgIpc) is 2.52. The van der Waals surface area contributed by atoms with E-state index in [1.165, 1.54) is 0 Å². The van der Waals surface area contributed by atoms with Gasteiger partial charge >= 0.3 is 0 Å². The van der Waals surface area contributed by atoms with Gasteiger partial charge in [0.05, 0.1) is 12.7 Å². The molecule has 0 amide bonds. The second-order valence-corrected chi connectivity index (χ2v) is 4.79. The first-order valence-corrected chi connectivity index (χ1v) is 6.69. The molecule has 0 radical (unpaired) electrons. The van der Waals surface area contributed by atoms with Gasteiger partial charge in [-0.3, -0.25) is 0 Å². The van der Waals surface area contributed by atoms with Crippen LogP contribution in [0.2, 0.25) is 0 Å². The summed E-state index contributed by atoms with van der Waals surface area (Å²) in [6, 6.07) is 15.2. The molecule has 0 aliphatic heterocycles. The first-order valence-electron chi connectivity index (χ1n) is 6.69. The minimum atomic E-state index is 0.0156. The van der Waals surface area contributed by atoms with Gasteiger partial charge in [-0.15, -0.1) is 0 Å². The minimum absolute atomic E-state index is 0.0156. The third kappa shape index (κ3) is 3.74. The van der Waals surface area contributed by atoms with Gasteiger partial charge in [0.25, 0.3) is 0 Å². The van der Waals surface area contributed by atoms with E-state index in [1.54, 1.807) is 13.2 Å². The van der Waals surface area contributed by atoms with Crippen LogP contribution >= 0.6 is 0 Å². The molecule has 0 saturated heterocycles. The van der Waals surface area contributed by atoms with Gasteiger partial charge in [0, 0.05) is 6.04 Å². The number of methoxy groups -OCH3 is 1. The maximum absolute atomic E-state index is 8.95. The van der Waals surface area contributed by atoms with Gasteiger partial charge in [-0.05, 0) is 42.3 Å². The van der Waals surface area contributed by atoms with Crippen LogP contribution in [0.4, 0.5) is 0 Å². The Hall–Kier alpha value is -2.51. The molecule has 0 aliphatic rings. The Morgan fingerprint density at radius 2 is 1.90 bits per heavy atom. The predicted molar refractivity (Wildman–Crippen MR) is 81.1 cm³/mol. The van der Waals surface area contributed by atoms with Crippen LogP contribution < -0.4 is 15.2 Å². The average molecular weight is 282 g/mol. The van der Waals surface area contributed by atoms with Gasteiger partial charge in [0.15, 0.2) is 0 Å². The zero-order chi connectivity index (χ0) is 15.2. The molecule has 1 unspecified atom stereocenters. The Labute approximate surface area is 124 Å². The number of nitrogens with zero attached hydrogens (tertiary/aromatic N) is 1. The van der Waals surface area contributed by atoms with E-state index >= 15 is 0 Å². The van der Waals surface area contributed by atoms with Crippen LogP contribution in [0.25, 0.3) is 0 Å². The number of ether oxygens (including phenoxy) is 2. The number of hydrogen-bond acceptors (Lipinski definition) is 4. The number of benzene rings is 2. The number of nitriles is 1. The topological polar surface area (TPSA) is 68.3 Å². The quantitative estimate of drug-likeness (QED) is 0.914. The number of nitrogens with two attached hydrogens (primary N) is 1. The highest BCUT2D eigenvalue weighted by Gasteiger charge is 2.05. The lowest BCUT2D eigenvalue weighted by molar-refractivity contribution is 0.305. The second kappa shape index (κ2) is 6.78. The largest absolute Gasteiger partial charge is 0.495 e. The molecule has 0 spiro atoms. The Morgan fingerprint density at radius 1 is 1.19 bits per heavy atom. The van der Waals surface area contributed by atoms with Gasteiger partial charge in [0.2, 0.25) is 0 Å². The van der Waals surface area contributed by atoms with Crippen molar-refractivity contribution in [3.05, 3.63) is 59.2 Å². The van der Waals surface area contributed by atoms with Gasteiger partial charge in [-0.25, -0.2) is 0 Å². The van der Waals surface area contributed by atoms with Crippen LogP contribution in [-0.2, 0) is 6.61 Å². The van der Waals surface area contributed by atoms with E-state index in [2.05, 4.69) is 6.07 Å². The van der Waals surface area contributed by atoms with Crippen molar-refractivity contribution in [3.8, 4) is 17.6 Å². The summed E-state index contributed by atoms with van der Waals surface area (Å²) in [5.41, 5.74) is 8.34. The lowest BCUT2D eigenvalue weighted by Crippen LogP contribution is -2.04. The third-order valence-electron chi connectivity index (χ3n) is 3.20. The summed E-state index contributed by atoms with van der Waals surface area (Å²) >= 11 is 0. The van der Waals surface area contributed by atoms with Crippen LogP contribution in [0, 0.1) is 11.3 Å². The molecule has 4 nitrogen and oxygen atoms in total. The molecule has 0 aromatic heterocycles. The fourth-order valence-corrected chi connectivity index (χ4v) is 1.95. The molecule has 21 heavy (non-hydrogen) atoms. The number of rotatable bonds is 5. The van der Waals surface area contributed by atoms with E-state index in [4.69, 9.17) is 20.5 Å². The highest BCUT2D eigenvalue weighted by atomic mass is 16.5. The zero-order valence-corrected chi connectivity index (χ0v) is 12.2. The van der Waals surface area contributed by atoms with Gasteiger partial charge in [0.1, 0.15) is 24.2 Å². The van der Waals surface area contributed by atoms with Crippen molar-refractivity contribution < 1.29 is 9.47 Å². The van der Waals surface area contributed by atoms with E-state index in [0.29, 0.717) is 17.9 Å². The summed E-state index contributed by atoms with van der Waals surface area (Å²) in [6.45, 7) is 2.36. The van der Waals surface area contributed by atoms with Crippen molar-refractivity contribution >= 4 is 0 Å². The fraction of sp³-hybridized carbons (Fsp3) is 0.235. The molecule has 2 N–H and O–H groups in total. The lowest BCUT2D eigenvalue weighted by Gasteiger charge is -2.10. The van der Waals surface area contributed by atoms with E-state index in [9.17, 15) is 0 Å². The monoisotopic (exact) mass is 282 g/mol. The molecule has 2 aromatic carbocycles. The summed E-state index contributed by atoms with van der Waals surface area (Å²) in [7, 11) is 1.55. The molecule has 1 atom stereocenters. The molecule has 0 bridgehead atoms. The van der Waals surface area contributed by atoms with Crippen molar-refractivity contribution in [3.63, 3.8) is 0 Å². The lowest BCUT2D eigenvalue weighted by atomic mass is 10.1. The highest BCUT2D eigenvalue weighted by Crippen LogP contribution is 2.21. The van der Waals surface area contributed by atoms with Crippen molar-refractivity contribution in [1.82, 2.24) is 0 Å². The SMILES string of the molecule is COc1cc(COc2ccc(C(C)N)cc2)ccc1C#N. The van der Waals surface area contributed by atoms with Crippen molar-refractivity contribution in [2.75, 3.05) is 7.11 Å². The second-order valence-electron chi connectivity index (χ2n) is 4.79. The molecule has 2 aromatic rings. The fourth-order valence-electron chi connectivity index (χ4n) is 1.95. The Bertz CT molecular complexity index is 643. The highest BCUT2D eigenvalue weighted by molar-refractivity contribution is 5.45. The molecular weight excluding hydrogens is 264 g/mol. The van der Waals surface area contributed by atoms with E-state index in [-0.39, 0.29) is 6.04 Å². The molecule has 0 fully saturated rings. The van der Waals surface area contributed by atoms with Gasteiger partial charge < -0.3 is 15.2 Å². The molecule has 0 aliphatic carbocycles. The first-order chi connectivity index (χ1) is 10.1. The smallest absolute Gasteiger partial charge is 0.137 e. The zero-order valence-electron chi connectivity index (χ0n) is 12.2. The number of hydrogen-bond donors (Lipinski definition) is 1. The Balaban J connectivity index is 2.04. The van der Waals surface area contributed by atoms with Crippen molar-refractivity contribution in [1.29, 1.82) is 5.26 Å². The Kier molecular flexibility index (Phi) is 4.81. The summed E-state index contributed by atoms with van der Waals surface area (Å²) in [5.74, 6) is 1.34. The van der Waals surface area contributed by atoms with E-state index in [1.807, 2.05) is 43.3 Å². The van der Waals surface area contributed by atoms with E-state index in [0.717, 1.165) is 16.9 Å². The summed E-state index contributed by atoms with van der Waals surface area (Å²) in [5, 5.41) is 8.95. The van der Waals surface area contributed by atoms with Crippen molar-refractivity contribution in [2.24, 2.45) is 5.73 Å². The van der Waals surface area contributed by atoms with Crippen LogP contribution in [-0.4, -0.2) is 7.11 Å². The molecule has 108 valence electrons. The summed E-state index contributed by atoms with van der Waals surface area (Å²) < 4.78 is 10.9. The van der Waals surface area contributed by atoms with Crippen LogP contribution in [0.3, 0.4) is 0 Å². The molecular formula is C17H18N2O2. The molecule has 0 heterocycles. The van der Waals surface area contributed by atoms with Crippen LogP contribution in [0.1, 0.15) is 29.7 Å². The van der Waals surface area contributed by atoms with Crippen molar-refractivity contribution in [2.45, 2.75) is 19.6 Å². The maximum atomic E-state index is 8.95. The van der Waals surface area contributed by atoms with Crippen LogP contribution in [0.15, 0.2) is 42.5 Å². The van der Waals surface area contributed by atoms with E-state index < -0.39 is 0 Å². The van der Waals surface area contributed by atoms with Crippen LogP contribution in [0.5, 0.6) is 11.5 Å². The maximum Gasteiger partial charge on any atom is 0.137 e. The van der Waals surface area contributed by atoms with Gasteiger partial charge in [-0.1, -0.05) is 18.2 Å². The summed E-state index contributed by atoms with van der Waals surface area (Å²) in [6.07, 6.45) is 0. The Morgan fingerprint density at radius 3 is 2.48 bits per heavy atom. The normalized spacial score (nSPS) is 11.5. The molecule has 0 saturated carbocycles.